The molecule has 0 fully saturated rings. The molecule has 1 heterocycles. The Morgan fingerprint density at radius 3 is 2.75 bits per heavy atom. The van der Waals surface area contributed by atoms with Crippen LogP contribution in [-0.4, -0.2) is 16.7 Å². The van der Waals surface area contributed by atoms with Crippen LogP contribution >= 0.6 is 11.6 Å². The number of nitrogens with zero attached hydrogens (tertiary/aromatic N) is 2. The Hall–Kier alpha value is -2.09. The van der Waals surface area contributed by atoms with Crippen LogP contribution in [0.5, 0.6) is 0 Å². The van der Waals surface area contributed by atoms with E-state index >= 15 is 0 Å². The highest BCUT2D eigenvalue weighted by molar-refractivity contribution is 6.29. The first-order valence-corrected chi connectivity index (χ1v) is 6.60. The second-order valence-electron chi connectivity index (χ2n) is 4.28. The van der Waals surface area contributed by atoms with Crippen LogP contribution in [0, 0.1) is 11.3 Å². The van der Waals surface area contributed by atoms with Crippen molar-refractivity contribution in [2.24, 2.45) is 0 Å². The molecule has 0 saturated carbocycles. The molecular formula is C15H14ClN3O. The first-order valence-electron chi connectivity index (χ1n) is 6.22. The minimum absolute atomic E-state index is 0.0489. The molecule has 1 aromatic carbocycles. The predicted octanol–water partition coefficient (Wildman–Crippen LogP) is 3.14. The number of halogens is 1. The molecule has 102 valence electrons. The number of anilines is 1. The predicted molar refractivity (Wildman–Crippen MR) is 78.5 cm³/mol. The summed E-state index contributed by atoms with van der Waals surface area (Å²) < 4.78 is 0. The van der Waals surface area contributed by atoms with Gasteiger partial charge in [0, 0.05) is 12.8 Å². The van der Waals surface area contributed by atoms with Crippen molar-refractivity contribution < 1.29 is 5.11 Å². The molecule has 2 N–H and O–H groups in total. The van der Waals surface area contributed by atoms with Gasteiger partial charge in [-0.1, -0.05) is 41.9 Å². The summed E-state index contributed by atoms with van der Waals surface area (Å²) in [5.41, 5.74) is 2.08. The maximum atomic E-state index is 9.21. The van der Waals surface area contributed by atoms with E-state index in [4.69, 9.17) is 16.9 Å². The smallest absolute Gasteiger partial charge is 0.131 e. The third-order valence-electron chi connectivity index (χ3n) is 2.94. The monoisotopic (exact) mass is 287 g/mol. The van der Waals surface area contributed by atoms with Gasteiger partial charge in [0.15, 0.2) is 0 Å². The lowest BCUT2D eigenvalue weighted by molar-refractivity contribution is 0.280. The maximum absolute atomic E-state index is 9.21. The molecule has 0 aliphatic carbocycles. The van der Waals surface area contributed by atoms with Crippen LogP contribution in [0.3, 0.4) is 0 Å². The minimum atomic E-state index is -0.0910. The molecule has 0 bridgehead atoms. The van der Waals surface area contributed by atoms with Gasteiger partial charge in [0.05, 0.1) is 17.3 Å². The zero-order chi connectivity index (χ0) is 14.4. The van der Waals surface area contributed by atoms with Gasteiger partial charge in [-0.25, -0.2) is 4.98 Å². The van der Waals surface area contributed by atoms with Gasteiger partial charge >= 0.3 is 0 Å². The maximum Gasteiger partial charge on any atom is 0.131 e. The Bertz CT molecular complexity index is 610. The van der Waals surface area contributed by atoms with E-state index in [1.54, 1.807) is 6.07 Å². The number of nitriles is 1. The van der Waals surface area contributed by atoms with E-state index in [1.165, 1.54) is 6.20 Å². The number of nitrogens with one attached hydrogen (secondary N) is 1. The van der Waals surface area contributed by atoms with Gasteiger partial charge in [-0.15, -0.1) is 0 Å². The number of aliphatic hydroxyl groups excluding tert-OH is 1. The molecule has 0 spiro atoms. The molecule has 20 heavy (non-hydrogen) atoms. The molecule has 0 radical (unpaired) electrons. The Morgan fingerprint density at radius 2 is 2.10 bits per heavy atom. The third-order valence-corrected chi connectivity index (χ3v) is 3.15. The summed E-state index contributed by atoms with van der Waals surface area (Å²) in [6.45, 7) is 0.0489. The standard InChI is InChI=1S/C15H14ClN3O/c16-15-8-14(12(9-17)10-18-15)19-13(6-7-20)11-4-2-1-3-5-11/h1-5,8,10,13,20H,6-7H2,(H,18,19)/t13-/m1/s1. The van der Waals surface area contributed by atoms with E-state index in [9.17, 15) is 5.11 Å². The molecule has 0 unspecified atom stereocenters. The first kappa shape index (κ1) is 14.3. The number of hydrogen-bond donors (Lipinski definition) is 2. The van der Waals surface area contributed by atoms with Crippen molar-refractivity contribution in [2.75, 3.05) is 11.9 Å². The number of benzene rings is 1. The molecule has 0 amide bonds. The van der Waals surface area contributed by atoms with Gasteiger partial charge < -0.3 is 10.4 Å². The number of rotatable bonds is 5. The van der Waals surface area contributed by atoms with E-state index < -0.39 is 0 Å². The average molecular weight is 288 g/mol. The average Bonchev–Trinajstić information content (AvgIpc) is 2.48. The molecular weight excluding hydrogens is 274 g/mol. The Kier molecular flexibility index (Phi) is 4.94. The summed E-state index contributed by atoms with van der Waals surface area (Å²) >= 11 is 5.87. The molecule has 1 aromatic heterocycles. The SMILES string of the molecule is N#Cc1cnc(Cl)cc1N[C@H](CCO)c1ccccc1. The lowest BCUT2D eigenvalue weighted by Crippen LogP contribution is -2.13. The number of hydrogen-bond acceptors (Lipinski definition) is 4. The number of aromatic nitrogens is 1. The van der Waals surface area contributed by atoms with Gasteiger partial charge in [-0.2, -0.15) is 5.26 Å². The molecule has 0 aliphatic heterocycles. The summed E-state index contributed by atoms with van der Waals surface area (Å²) in [7, 11) is 0. The van der Waals surface area contributed by atoms with Gasteiger partial charge in [0.1, 0.15) is 11.2 Å². The highest BCUT2D eigenvalue weighted by Gasteiger charge is 2.13. The van der Waals surface area contributed by atoms with E-state index in [1.807, 2.05) is 30.3 Å². The quantitative estimate of drug-likeness (QED) is 0.829. The molecule has 2 rings (SSSR count). The number of pyridine rings is 1. The fourth-order valence-electron chi connectivity index (χ4n) is 1.96. The lowest BCUT2D eigenvalue weighted by atomic mass is 10.0. The van der Waals surface area contributed by atoms with Crippen molar-refractivity contribution >= 4 is 17.3 Å². The number of aliphatic hydroxyl groups is 1. The first-order chi connectivity index (χ1) is 9.74. The van der Waals surface area contributed by atoms with Crippen LogP contribution < -0.4 is 5.32 Å². The van der Waals surface area contributed by atoms with Gasteiger partial charge in [0.25, 0.3) is 0 Å². The molecule has 4 nitrogen and oxygen atoms in total. The highest BCUT2D eigenvalue weighted by atomic mass is 35.5. The van der Waals surface area contributed by atoms with Crippen LogP contribution in [0.4, 0.5) is 5.69 Å². The van der Waals surface area contributed by atoms with Gasteiger partial charge in [-0.05, 0) is 18.1 Å². The fourth-order valence-corrected chi connectivity index (χ4v) is 2.12. The van der Waals surface area contributed by atoms with E-state index in [0.29, 0.717) is 22.8 Å². The summed E-state index contributed by atoms with van der Waals surface area (Å²) in [6, 6.07) is 13.4. The molecule has 1 atom stereocenters. The van der Waals surface area contributed by atoms with Crippen molar-refractivity contribution in [3.05, 3.63) is 58.9 Å². The summed E-state index contributed by atoms with van der Waals surface area (Å²) in [5.74, 6) is 0. The zero-order valence-electron chi connectivity index (χ0n) is 10.8. The second-order valence-corrected chi connectivity index (χ2v) is 4.67. The Balaban J connectivity index is 2.29. The van der Waals surface area contributed by atoms with Crippen molar-refractivity contribution in [3.63, 3.8) is 0 Å². The van der Waals surface area contributed by atoms with Crippen molar-refractivity contribution in [2.45, 2.75) is 12.5 Å². The van der Waals surface area contributed by atoms with Crippen LogP contribution in [0.15, 0.2) is 42.6 Å². The summed E-state index contributed by atoms with van der Waals surface area (Å²) in [5, 5.41) is 21.9. The van der Waals surface area contributed by atoms with Gasteiger partial charge in [0.2, 0.25) is 0 Å². The topological polar surface area (TPSA) is 68.9 Å². The Morgan fingerprint density at radius 1 is 1.35 bits per heavy atom. The van der Waals surface area contributed by atoms with Crippen molar-refractivity contribution in [1.82, 2.24) is 4.98 Å². The molecule has 0 saturated heterocycles. The summed E-state index contributed by atoms with van der Waals surface area (Å²) in [6.07, 6.45) is 1.97. The van der Waals surface area contributed by atoms with E-state index in [-0.39, 0.29) is 12.6 Å². The minimum Gasteiger partial charge on any atom is -0.396 e. The molecule has 5 heteroatoms. The normalized spacial score (nSPS) is 11.7. The van der Waals surface area contributed by atoms with Crippen LogP contribution in [-0.2, 0) is 0 Å². The fraction of sp³-hybridized carbons (Fsp3) is 0.200. The highest BCUT2D eigenvalue weighted by Crippen LogP contribution is 2.26. The second kappa shape index (κ2) is 6.90. The van der Waals surface area contributed by atoms with Crippen molar-refractivity contribution in [3.8, 4) is 6.07 Å². The Labute approximate surface area is 122 Å². The molecule has 2 aromatic rings. The van der Waals surface area contributed by atoms with Crippen LogP contribution in [0.2, 0.25) is 5.15 Å². The third kappa shape index (κ3) is 3.47. The van der Waals surface area contributed by atoms with Crippen molar-refractivity contribution in [1.29, 1.82) is 5.26 Å². The zero-order valence-corrected chi connectivity index (χ0v) is 11.5. The van der Waals surface area contributed by atoms with Crippen LogP contribution in [0.25, 0.3) is 0 Å². The lowest BCUT2D eigenvalue weighted by Gasteiger charge is -2.20. The van der Waals surface area contributed by atoms with Crippen LogP contribution in [0.1, 0.15) is 23.6 Å². The van der Waals surface area contributed by atoms with E-state index in [2.05, 4.69) is 16.4 Å². The summed E-state index contributed by atoms with van der Waals surface area (Å²) in [4.78, 5) is 3.89. The largest absolute Gasteiger partial charge is 0.396 e. The van der Waals surface area contributed by atoms with E-state index in [0.717, 1.165) is 5.56 Å². The molecule has 0 aliphatic rings. The van der Waals surface area contributed by atoms with Gasteiger partial charge in [-0.3, -0.25) is 0 Å².